The van der Waals surface area contributed by atoms with Crippen LogP contribution in [0.3, 0.4) is 0 Å². The highest BCUT2D eigenvalue weighted by molar-refractivity contribution is 6.02. The molecule has 0 saturated carbocycles. The Labute approximate surface area is 161 Å². The number of aryl methyl sites for hydroxylation is 1. The summed E-state index contributed by atoms with van der Waals surface area (Å²) in [5.41, 5.74) is 7.11. The first-order valence-electron chi connectivity index (χ1n) is 8.72. The van der Waals surface area contributed by atoms with Gasteiger partial charge in [0.05, 0.1) is 16.9 Å². The number of carbonyl (C=O) groups excluding carboxylic acids is 2. The minimum Gasteiger partial charge on any atom is -0.366 e. The number of para-hydroxylation sites is 1. The van der Waals surface area contributed by atoms with Gasteiger partial charge >= 0.3 is 0 Å². The van der Waals surface area contributed by atoms with E-state index in [1.165, 1.54) is 10.7 Å². The maximum atomic E-state index is 12.2. The van der Waals surface area contributed by atoms with Gasteiger partial charge in [-0.2, -0.15) is 5.10 Å². The van der Waals surface area contributed by atoms with Crippen LogP contribution in [0.2, 0.25) is 0 Å². The lowest BCUT2D eigenvalue weighted by Crippen LogP contribution is -2.23. The van der Waals surface area contributed by atoms with E-state index in [4.69, 9.17) is 5.73 Å². The van der Waals surface area contributed by atoms with E-state index >= 15 is 0 Å². The Bertz CT molecular complexity index is 1050. The monoisotopic (exact) mass is 377 g/mol. The molecule has 0 spiro atoms. The lowest BCUT2D eigenvalue weighted by atomic mass is 10.1. The van der Waals surface area contributed by atoms with E-state index in [2.05, 4.69) is 15.4 Å². The van der Waals surface area contributed by atoms with Crippen LogP contribution < -0.4 is 16.6 Å². The quantitative estimate of drug-likeness (QED) is 0.651. The smallest absolute Gasteiger partial charge is 0.266 e. The number of hydrogen-bond donors (Lipinski definition) is 2. The summed E-state index contributed by atoms with van der Waals surface area (Å²) in [6.45, 7) is 0.290. The van der Waals surface area contributed by atoms with Crippen molar-refractivity contribution in [3.63, 3.8) is 0 Å². The fourth-order valence-electron chi connectivity index (χ4n) is 2.69. The average molecular weight is 377 g/mol. The Hall–Kier alpha value is -3.81. The fourth-order valence-corrected chi connectivity index (χ4v) is 2.69. The average Bonchev–Trinajstić information content (AvgIpc) is 2.70. The molecule has 0 bridgehead atoms. The molecule has 8 heteroatoms. The molecular formula is C20H19N5O3. The molecule has 2 amide bonds. The summed E-state index contributed by atoms with van der Waals surface area (Å²) < 4.78 is 1.33. The molecular weight excluding hydrogens is 358 g/mol. The number of benzene rings is 1. The molecule has 1 aromatic carbocycles. The Morgan fingerprint density at radius 2 is 1.89 bits per heavy atom. The van der Waals surface area contributed by atoms with Crippen LogP contribution in [0.1, 0.15) is 23.2 Å². The van der Waals surface area contributed by atoms with Gasteiger partial charge in [-0.05, 0) is 36.8 Å². The van der Waals surface area contributed by atoms with E-state index in [0.717, 1.165) is 5.56 Å². The van der Waals surface area contributed by atoms with Gasteiger partial charge in [0.1, 0.15) is 0 Å². The highest BCUT2D eigenvalue weighted by Gasteiger charge is 2.10. The molecule has 3 aromatic rings. The molecule has 0 aliphatic heterocycles. The van der Waals surface area contributed by atoms with Crippen molar-refractivity contribution in [3.05, 3.63) is 76.8 Å². The number of nitrogens with two attached hydrogens (primary N) is 1. The Morgan fingerprint density at radius 1 is 1.07 bits per heavy atom. The van der Waals surface area contributed by atoms with E-state index in [0.29, 0.717) is 17.8 Å². The van der Waals surface area contributed by atoms with Crippen LogP contribution in [0.5, 0.6) is 0 Å². The second kappa shape index (κ2) is 8.72. The van der Waals surface area contributed by atoms with Gasteiger partial charge in [0.25, 0.3) is 11.5 Å². The maximum Gasteiger partial charge on any atom is 0.266 e. The largest absolute Gasteiger partial charge is 0.366 e. The highest BCUT2D eigenvalue weighted by atomic mass is 16.2. The van der Waals surface area contributed by atoms with Crippen molar-refractivity contribution in [2.75, 3.05) is 5.32 Å². The third kappa shape index (κ3) is 4.67. The summed E-state index contributed by atoms with van der Waals surface area (Å²) in [4.78, 5) is 39.6. The summed E-state index contributed by atoms with van der Waals surface area (Å²) in [7, 11) is 0. The van der Waals surface area contributed by atoms with E-state index < -0.39 is 5.91 Å². The molecule has 3 rings (SSSR count). The summed E-state index contributed by atoms with van der Waals surface area (Å²) in [6.07, 6.45) is 3.90. The number of hydrogen-bond acceptors (Lipinski definition) is 5. The van der Waals surface area contributed by atoms with E-state index in [9.17, 15) is 14.4 Å². The van der Waals surface area contributed by atoms with Crippen molar-refractivity contribution in [1.82, 2.24) is 14.8 Å². The van der Waals surface area contributed by atoms with Crippen molar-refractivity contribution < 1.29 is 9.59 Å². The molecule has 0 radical (unpaired) electrons. The van der Waals surface area contributed by atoms with Gasteiger partial charge in [-0.1, -0.05) is 12.1 Å². The van der Waals surface area contributed by atoms with Crippen molar-refractivity contribution >= 4 is 17.5 Å². The second-order valence-electron chi connectivity index (χ2n) is 6.08. The normalized spacial score (nSPS) is 10.4. The number of primary amides is 1. The first-order chi connectivity index (χ1) is 13.5. The lowest BCUT2D eigenvalue weighted by Gasteiger charge is -2.09. The van der Waals surface area contributed by atoms with E-state index in [-0.39, 0.29) is 30.0 Å². The molecule has 3 N–H and O–H groups in total. The third-order valence-corrected chi connectivity index (χ3v) is 4.06. The summed E-state index contributed by atoms with van der Waals surface area (Å²) in [5.74, 6) is -0.885. The van der Waals surface area contributed by atoms with Crippen LogP contribution in [0.4, 0.5) is 5.69 Å². The van der Waals surface area contributed by atoms with Gasteiger partial charge in [-0.25, -0.2) is 4.68 Å². The molecule has 0 saturated heterocycles. The number of amides is 2. The van der Waals surface area contributed by atoms with Crippen LogP contribution in [-0.4, -0.2) is 26.6 Å². The molecule has 2 heterocycles. The number of rotatable bonds is 7. The van der Waals surface area contributed by atoms with Crippen LogP contribution in [0.25, 0.3) is 11.3 Å². The van der Waals surface area contributed by atoms with Crippen molar-refractivity contribution in [3.8, 4) is 11.3 Å². The SMILES string of the molecule is NC(=O)c1ccccc1NC(=O)CCCn1nc(-c2cccnc2)ccc1=O. The zero-order chi connectivity index (χ0) is 19.9. The van der Waals surface area contributed by atoms with Gasteiger partial charge in [0.2, 0.25) is 5.91 Å². The molecule has 0 fully saturated rings. The predicted molar refractivity (Wildman–Crippen MR) is 105 cm³/mol. The number of aromatic nitrogens is 3. The number of nitrogens with one attached hydrogen (secondary N) is 1. The van der Waals surface area contributed by atoms with Crippen LogP contribution >= 0.6 is 0 Å². The molecule has 142 valence electrons. The van der Waals surface area contributed by atoms with Crippen LogP contribution in [0, 0.1) is 0 Å². The number of carbonyl (C=O) groups is 2. The van der Waals surface area contributed by atoms with Crippen LogP contribution in [0.15, 0.2) is 65.7 Å². The van der Waals surface area contributed by atoms with Gasteiger partial charge in [0, 0.05) is 37.0 Å². The number of nitrogens with zero attached hydrogens (tertiary/aromatic N) is 3. The van der Waals surface area contributed by atoms with E-state index in [1.807, 2.05) is 6.07 Å². The molecule has 8 nitrogen and oxygen atoms in total. The molecule has 2 aromatic heterocycles. The zero-order valence-corrected chi connectivity index (χ0v) is 15.0. The van der Waals surface area contributed by atoms with Crippen molar-refractivity contribution in [1.29, 1.82) is 0 Å². The molecule has 0 atom stereocenters. The van der Waals surface area contributed by atoms with Gasteiger partial charge in [-0.3, -0.25) is 19.4 Å². The molecule has 28 heavy (non-hydrogen) atoms. The minimum atomic E-state index is -0.612. The van der Waals surface area contributed by atoms with Gasteiger partial charge in [-0.15, -0.1) is 0 Å². The predicted octanol–water partition coefficient (Wildman–Crippen LogP) is 1.82. The fraction of sp³-hybridized carbons (Fsp3) is 0.150. The lowest BCUT2D eigenvalue weighted by molar-refractivity contribution is -0.116. The van der Waals surface area contributed by atoms with Crippen LogP contribution in [-0.2, 0) is 11.3 Å². The topological polar surface area (TPSA) is 120 Å². The number of anilines is 1. The Balaban J connectivity index is 1.62. The molecule has 0 aliphatic carbocycles. The van der Waals surface area contributed by atoms with Gasteiger partial charge in [0.15, 0.2) is 0 Å². The highest BCUT2D eigenvalue weighted by Crippen LogP contribution is 2.15. The first kappa shape index (κ1) is 19.0. The summed E-state index contributed by atoms with van der Waals surface area (Å²) in [6, 6.07) is 13.3. The minimum absolute atomic E-state index is 0.165. The standard InChI is InChI=1S/C20H19N5O3/c21-20(28)15-6-1-2-7-17(15)23-18(26)8-4-12-25-19(27)10-9-16(24-25)14-5-3-11-22-13-14/h1-3,5-7,9-11,13H,4,8,12H2,(H2,21,28)(H,23,26). The Morgan fingerprint density at radius 3 is 2.64 bits per heavy atom. The third-order valence-electron chi connectivity index (χ3n) is 4.06. The van der Waals surface area contributed by atoms with Gasteiger partial charge < -0.3 is 11.1 Å². The van der Waals surface area contributed by atoms with Crippen molar-refractivity contribution in [2.45, 2.75) is 19.4 Å². The van der Waals surface area contributed by atoms with E-state index in [1.54, 1.807) is 48.8 Å². The maximum absolute atomic E-state index is 12.2. The first-order valence-corrected chi connectivity index (χ1v) is 8.72. The summed E-state index contributed by atoms with van der Waals surface area (Å²) in [5, 5.41) is 7.01. The molecule has 0 unspecified atom stereocenters. The Kier molecular flexibility index (Phi) is 5.91. The summed E-state index contributed by atoms with van der Waals surface area (Å²) >= 11 is 0. The van der Waals surface area contributed by atoms with Crippen molar-refractivity contribution in [2.24, 2.45) is 5.73 Å². The second-order valence-corrected chi connectivity index (χ2v) is 6.08. The zero-order valence-electron chi connectivity index (χ0n) is 15.0. The number of pyridine rings is 1. The molecule has 0 aliphatic rings.